The fraction of sp³-hybridized carbons (Fsp3) is 0.250. The van der Waals surface area contributed by atoms with Gasteiger partial charge in [-0.25, -0.2) is 0 Å². The Morgan fingerprint density at radius 1 is 0.971 bits per heavy atom. The minimum absolute atomic E-state index is 0.223. The second-order valence-electron chi connectivity index (χ2n) is 8.75. The van der Waals surface area contributed by atoms with Gasteiger partial charge in [0.05, 0.1) is 18.2 Å². The number of para-hydroxylation sites is 1. The number of nitrogens with zero attached hydrogens (tertiary/aromatic N) is 2. The highest BCUT2D eigenvalue weighted by Crippen LogP contribution is 2.35. The molecule has 178 valence electrons. The number of methoxy groups -OCH3 is 1. The zero-order valence-electron chi connectivity index (χ0n) is 19.6. The van der Waals surface area contributed by atoms with Crippen molar-refractivity contribution in [1.29, 1.82) is 0 Å². The predicted molar refractivity (Wildman–Crippen MR) is 134 cm³/mol. The van der Waals surface area contributed by atoms with Crippen LogP contribution in [-0.4, -0.2) is 42.6 Å². The molecule has 3 aromatic carbocycles. The number of benzene rings is 3. The summed E-state index contributed by atoms with van der Waals surface area (Å²) in [4.78, 5) is 26.7. The summed E-state index contributed by atoms with van der Waals surface area (Å²) in [6.07, 6.45) is 1.58. The van der Waals surface area contributed by atoms with Crippen LogP contribution in [0.4, 0.5) is 0 Å². The summed E-state index contributed by atoms with van der Waals surface area (Å²) < 4.78 is 12.2. The first-order chi connectivity index (χ1) is 17.1. The standard InChI is InChI=1S/C28H27N3O4/c1-34-22-13-11-20(12-14-22)28(15-17-35-18-16-28)19-29-26(32)25-23-9-5-6-10-24(23)27(33)31(30-25)21-7-3-2-4-8-21/h2-14H,15-19H2,1H3,(H,29,32). The molecule has 5 rings (SSSR count). The maximum Gasteiger partial charge on any atom is 0.279 e. The van der Waals surface area contributed by atoms with Crippen molar-refractivity contribution in [2.45, 2.75) is 18.3 Å². The first-order valence-corrected chi connectivity index (χ1v) is 11.7. The largest absolute Gasteiger partial charge is 0.497 e. The number of ether oxygens (including phenoxy) is 2. The van der Waals surface area contributed by atoms with Gasteiger partial charge in [-0.3, -0.25) is 9.59 Å². The van der Waals surface area contributed by atoms with Crippen molar-refractivity contribution in [3.05, 3.63) is 100 Å². The molecule has 7 nitrogen and oxygen atoms in total. The fourth-order valence-electron chi connectivity index (χ4n) is 4.71. The lowest BCUT2D eigenvalue weighted by Gasteiger charge is -2.38. The molecule has 1 amide bonds. The van der Waals surface area contributed by atoms with Crippen LogP contribution < -0.4 is 15.6 Å². The average Bonchev–Trinajstić information content (AvgIpc) is 2.93. The Labute approximate surface area is 203 Å². The van der Waals surface area contributed by atoms with Gasteiger partial charge in [-0.15, -0.1) is 0 Å². The van der Waals surface area contributed by atoms with Gasteiger partial charge in [-0.2, -0.15) is 9.78 Å². The Morgan fingerprint density at radius 2 is 1.63 bits per heavy atom. The molecule has 1 N–H and O–H groups in total. The SMILES string of the molecule is COc1ccc(C2(CNC(=O)c3nn(-c4ccccc4)c(=O)c4ccccc34)CCOCC2)cc1. The minimum Gasteiger partial charge on any atom is -0.497 e. The second-order valence-corrected chi connectivity index (χ2v) is 8.75. The Morgan fingerprint density at radius 3 is 2.31 bits per heavy atom. The van der Waals surface area contributed by atoms with Crippen molar-refractivity contribution in [3.8, 4) is 11.4 Å². The van der Waals surface area contributed by atoms with E-state index in [9.17, 15) is 9.59 Å². The number of carbonyl (C=O) groups excluding carboxylic acids is 1. The molecule has 1 saturated heterocycles. The molecule has 0 bridgehead atoms. The first kappa shape index (κ1) is 22.8. The molecule has 1 aliphatic heterocycles. The molecule has 0 unspecified atom stereocenters. The zero-order chi connectivity index (χ0) is 24.3. The normalized spacial score (nSPS) is 15.0. The van der Waals surface area contributed by atoms with Crippen molar-refractivity contribution in [1.82, 2.24) is 15.1 Å². The number of nitrogens with one attached hydrogen (secondary N) is 1. The number of fused-ring (bicyclic) bond motifs is 1. The maximum absolute atomic E-state index is 13.5. The van der Waals surface area contributed by atoms with E-state index < -0.39 is 0 Å². The first-order valence-electron chi connectivity index (χ1n) is 11.7. The van der Waals surface area contributed by atoms with Crippen molar-refractivity contribution in [2.75, 3.05) is 26.9 Å². The molecule has 7 heteroatoms. The van der Waals surface area contributed by atoms with E-state index in [1.165, 1.54) is 4.68 Å². The van der Waals surface area contributed by atoms with E-state index in [0.29, 0.717) is 36.2 Å². The van der Waals surface area contributed by atoms with Gasteiger partial charge in [0.15, 0.2) is 5.69 Å². The van der Waals surface area contributed by atoms with E-state index in [2.05, 4.69) is 22.5 Å². The summed E-state index contributed by atoms with van der Waals surface area (Å²) >= 11 is 0. The quantitative estimate of drug-likeness (QED) is 0.464. The molecule has 1 fully saturated rings. The van der Waals surface area contributed by atoms with E-state index in [0.717, 1.165) is 24.2 Å². The second kappa shape index (κ2) is 9.72. The third-order valence-electron chi connectivity index (χ3n) is 6.76. The van der Waals surface area contributed by atoms with Crippen LogP contribution in [0.5, 0.6) is 5.75 Å². The zero-order valence-corrected chi connectivity index (χ0v) is 19.6. The monoisotopic (exact) mass is 469 g/mol. The molecule has 35 heavy (non-hydrogen) atoms. The molecule has 1 aromatic heterocycles. The summed E-state index contributed by atoms with van der Waals surface area (Å²) in [6.45, 7) is 1.69. The van der Waals surface area contributed by atoms with Crippen molar-refractivity contribution in [2.24, 2.45) is 0 Å². The van der Waals surface area contributed by atoms with E-state index >= 15 is 0 Å². The van der Waals surface area contributed by atoms with E-state index in [1.807, 2.05) is 36.4 Å². The lowest BCUT2D eigenvalue weighted by Crippen LogP contribution is -2.45. The topological polar surface area (TPSA) is 82.5 Å². The maximum atomic E-state index is 13.5. The predicted octanol–water partition coefficient (Wildman–Crippen LogP) is 3.87. The lowest BCUT2D eigenvalue weighted by atomic mass is 9.74. The highest BCUT2D eigenvalue weighted by molar-refractivity contribution is 6.04. The number of rotatable bonds is 6. The van der Waals surface area contributed by atoms with Gasteiger partial charge in [0.1, 0.15) is 5.75 Å². The number of aromatic nitrogens is 2. The van der Waals surface area contributed by atoms with Gasteiger partial charge < -0.3 is 14.8 Å². The fourth-order valence-corrected chi connectivity index (χ4v) is 4.71. The third-order valence-corrected chi connectivity index (χ3v) is 6.76. The Balaban J connectivity index is 1.50. The van der Waals surface area contributed by atoms with Gasteiger partial charge in [0, 0.05) is 30.6 Å². The highest BCUT2D eigenvalue weighted by atomic mass is 16.5. The Hall–Kier alpha value is -3.97. The molecule has 0 saturated carbocycles. The van der Waals surface area contributed by atoms with Crippen LogP contribution >= 0.6 is 0 Å². The molecular weight excluding hydrogens is 442 g/mol. The van der Waals surface area contributed by atoms with Crippen LogP contribution in [-0.2, 0) is 10.2 Å². The van der Waals surface area contributed by atoms with Gasteiger partial charge >= 0.3 is 0 Å². The molecule has 0 atom stereocenters. The summed E-state index contributed by atoms with van der Waals surface area (Å²) in [5, 5.41) is 8.61. The van der Waals surface area contributed by atoms with E-state index in [4.69, 9.17) is 9.47 Å². The van der Waals surface area contributed by atoms with Crippen LogP contribution in [0.25, 0.3) is 16.5 Å². The van der Waals surface area contributed by atoms with Gasteiger partial charge in [-0.05, 0) is 48.7 Å². The molecular formula is C28H27N3O4. The van der Waals surface area contributed by atoms with Crippen molar-refractivity contribution in [3.63, 3.8) is 0 Å². The van der Waals surface area contributed by atoms with Crippen LogP contribution in [0.2, 0.25) is 0 Å². The van der Waals surface area contributed by atoms with Gasteiger partial charge in [0.2, 0.25) is 0 Å². The highest BCUT2D eigenvalue weighted by Gasteiger charge is 2.35. The van der Waals surface area contributed by atoms with Crippen LogP contribution in [0.15, 0.2) is 83.7 Å². The molecule has 4 aromatic rings. The Kier molecular flexibility index (Phi) is 6.33. The lowest BCUT2D eigenvalue weighted by molar-refractivity contribution is 0.0486. The summed E-state index contributed by atoms with van der Waals surface area (Å²) in [6, 6.07) is 24.2. The van der Waals surface area contributed by atoms with Crippen molar-refractivity contribution >= 4 is 16.7 Å². The number of amides is 1. The van der Waals surface area contributed by atoms with Crippen LogP contribution in [0.3, 0.4) is 0 Å². The summed E-state index contributed by atoms with van der Waals surface area (Å²) in [5.74, 6) is 0.476. The number of carbonyl (C=O) groups is 1. The Bertz CT molecular complexity index is 1390. The molecule has 1 aliphatic rings. The van der Waals surface area contributed by atoms with E-state index in [1.54, 1.807) is 37.4 Å². The van der Waals surface area contributed by atoms with Crippen molar-refractivity contribution < 1.29 is 14.3 Å². The average molecular weight is 470 g/mol. The van der Waals surface area contributed by atoms with E-state index in [-0.39, 0.29) is 22.6 Å². The third kappa shape index (κ3) is 4.42. The summed E-state index contributed by atoms with van der Waals surface area (Å²) in [5.41, 5.74) is 1.44. The van der Waals surface area contributed by atoms with Gasteiger partial charge in [-0.1, -0.05) is 48.5 Å². The minimum atomic E-state index is -0.315. The van der Waals surface area contributed by atoms with Crippen LogP contribution in [0.1, 0.15) is 28.9 Å². The number of hydrogen-bond donors (Lipinski definition) is 1. The van der Waals surface area contributed by atoms with Crippen LogP contribution in [0, 0.1) is 0 Å². The molecule has 0 radical (unpaired) electrons. The van der Waals surface area contributed by atoms with Gasteiger partial charge in [0.25, 0.3) is 11.5 Å². The number of hydrogen-bond acceptors (Lipinski definition) is 5. The molecule has 0 spiro atoms. The molecule has 0 aliphatic carbocycles. The summed E-state index contributed by atoms with van der Waals surface area (Å²) in [7, 11) is 1.64. The molecule has 2 heterocycles. The smallest absolute Gasteiger partial charge is 0.279 e.